The van der Waals surface area contributed by atoms with Gasteiger partial charge in [-0.05, 0) is 69.3 Å². The molecule has 4 rings (SSSR count). The highest BCUT2D eigenvalue weighted by molar-refractivity contribution is 5.93. The van der Waals surface area contributed by atoms with Crippen LogP contribution < -0.4 is 14.8 Å². The number of methoxy groups -OCH3 is 1. The molecule has 3 aromatic rings. The van der Waals surface area contributed by atoms with Crippen LogP contribution in [0.25, 0.3) is 10.9 Å². The molecular formula is C23H27FN4O2. The van der Waals surface area contributed by atoms with Crippen molar-refractivity contribution in [2.24, 2.45) is 5.89 Å². The number of anilines is 2. The average Bonchev–Trinajstić information content (AvgIpc) is 2.87. The summed E-state index contributed by atoms with van der Waals surface area (Å²) in [5, 5.41) is 2.59. The molecule has 6 nitrogen and oxygen atoms in total. The Labute approximate surface area is 199 Å². The van der Waals surface area contributed by atoms with Gasteiger partial charge in [0.2, 0.25) is 0 Å². The van der Waals surface area contributed by atoms with Gasteiger partial charge in [0.1, 0.15) is 18.0 Å². The van der Waals surface area contributed by atoms with Crippen molar-refractivity contribution in [1.82, 2.24) is 14.9 Å². The summed E-state index contributed by atoms with van der Waals surface area (Å²) < 4.78 is 164. The molecule has 2 heterocycles. The van der Waals surface area contributed by atoms with Crippen molar-refractivity contribution < 1.29 is 37.2 Å². The van der Waals surface area contributed by atoms with Crippen LogP contribution in [0.3, 0.4) is 0 Å². The average molecular weight is 428 g/mol. The van der Waals surface area contributed by atoms with Gasteiger partial charge in [-0.3, -0.25) is 0 Å². The second-order valence-corrected chi connectivity index (χ2v) is 6.14. The highest BCUT2D eigenvalue weighted by atomic mass is 19.1. The Morgan fingerprint density at radius 2 is 2.17 bits per heavy atom. The van der Waals surface area contributed by atoms with Gasteiger partial charge in [-0.15, -0.1) is 0 Å². The zero-order chi connectivity index (χ0) is 36.0. The zero-order valence-electron chi connectivity index (χ0n) is 32.5. The molecular weight excluding hydrogens is 383 g/mol. The fraction of sp³-hybridized carbons (Fsp3) is 0.391. The lowest BCUT2D eigenvalue weighted by molar-refractivity contribution is 0.157. The minimum atomic E-state index is -4.27. The van der Waals surface area contributed by atoms with Crippen molar-refractivity contribution >= 4 is 22.4 Å². The van der Waals surface area contributed by atoms with E-state index in [0.717, 1.165) is 18.5 Å². The van der Waals surface area contributed by atoms with Crippen LogP contribution in [0, 0.1) is 18.6 Å². The van der Waals surface area contributed by atoms with Gasteiger partial charge < -0.3 is 19.7 Å². The van der Waals surface area contributed by atoms with Gasteiger partial charge in [-0.25, -0.2) is 14.4 Å². The zero-order valence-corrected chi connectivity index (χ0v) is 15.5. The summed E-state index contributed by atoms with van der Waals surface area (Å²) in [7, 11) is -3.24. The van der Waals surface area contributed by atoms with E-state index in [9.17, 15) is 4.39 Å². The van der Waals surface area contributed by atoms with Gasteiger partial charge in [0.15, 0.2) is 11.5 Å². The number of hydrogen-bond acceptors (Lipinski definition) is 6. The summed E-state index contributed by atoms with van der Waals surface area (Å²) in [5.74, 6) is -6.86. The van der Waals surface area contributed by atoms with E-state index >= 15 is 0 Å². The molecule has 0 unspecified atom stereocenters. The lowest BCUT2D eigenvalue weighted by Gasteiger charge is -2.28. The van der Waals surface area contributed by atoms with Gasteiger partial charge in [-0.2, -0.15) is 0 Å². The van der Waals surface area contributed by atoms with Crippen molar-refractivity contribution in [2.75, 3.05) is 38.9 Å². The van der Waals surface area contributed by atoms with Crippen LogP contribution in [0.4, 0.5) is 15.9 Å². The van der Waals surface area contributed by atoms with Crippen LogP contribution in [0.15, 0.2) is 36.7 Å². The number of nitrogens with one attached hydrogen (secondary N) is 1. The molecule has 0 saturated carbocycles. The number of hydrogen-bond donors (Lipinski definition) is 1. The monoisotopic (exact) mass is 427 g/mol. The van der Waals surface area contributed by atoms with E-state index in [-0.39, 0.29) is 22.4 Å². The third kappa shape index (κ3) is 4.46. The Bertz CT molecular complexity index is 1670. The quantitative estimate of drug-likeness (QED) is 0.623. The molecule has 1 fully saturated rings. The van der Waals surface area contributed by atoms with Crippen molar-refractivity contribution in [1.29, 1.82) is 0 Å². The Balaban J connectivity index is 1.95. The Morgan fingerprint density at radius 3 is 2.93 bits per heavy atom. The van der Waals surface area contributed by atoms with Crippen LogP contribution in [-0.2, 0) is 0 Å². The molecule has 1 N–H and O–H groups in total. The first-order chi connectivity index (χ1) is 21.0. The number of aryl methyl sites for hydroxylation is 1. The molecule has 1 aliphatic heterocycles. The second-order valence-electron chi connectivity index (χ2n) is 6.14. The molecule has 0 amide bonds. The molecule has 0 spiro atoms. The number of likely N-dealkylation sites (tertiary alicyclic amines) is 1. The van der Waals surface area contributed by atoms with Gasteiger partial charge in [-0.1, -0.05) is 6.07 Å². The minimum absolute atomic E-state index is 0.0757. The molecule has 1 aliphatic rings. The van der Waals surface area contributed by atoms with E-state index < -0.39 is 74.4 Å². The lowest BCUT2D eigenvalue weighted by atomic mass is 9.98. The van der Waals surface area contributed by atoms with Crippen LogP contribution in [0.2, 0.25) is 0 Å². The lowest BCUT2D eigenvalue weighted by Crippen LogP contribution is -2.32. The number of nitrogens with zero attached hydrogens (tertiary/aromatic N) is 3. The number of fused-ring (bicyclic) bond motifs is 1. The first-order valence-electron chi connectivity index (χ1n) is 17.0. The first-order valence-corrected chi connectivity index (χ1v) is 8.53. The Morgan fingerprint density at radius 1 is 1.30 bits per heavy atom. The van der Waals surface area contributed by atoms with Crippen LogP contribution in [0.1, 0.15) is 41.6 Å². The minimum Gasteiger partial charge on any atom is -0.493 e. The van der Waals surface area contributed by atoms with E-state index in [0.29, 0.717) is 5.56 Å². The predicted octanol–water partition coefficient (Wildman–Crippen LogP) is 4.55. The molecule has 30 heavy (non-hydrogen) atoms. The summed E-state index contributed by atoms with van der Waals surface area (Å²) >= 11 is 0. The topological polar surface area (TPSA) is 59.5 Å². The summed E-state index contributed by atoms with van der Waals surface area (Å²) in [6.07, 6.45) is -7.39. The van der Waals surface area contributed by atoms with E-state index in [2.05, 4.69) is 15.3 Å². The number of aromatic nitrogens is 2. The summed E-state index contributed by atoms with van der Waals surface area (Å²) in [6, 6.07) is 5.94. The van der Waals surface area contributed by atoms with E-state index in [1.807, 2.05) is 0 Å². The van der Waals surface area contributed by atoms with Gasteiger partial charge in [0, 0.05) is 27.9 Å². The molecule has 1 saturated heterocycles. The Kier molecular flexibility index (Phi) is 2.44. The molecule has 2 aromatic carbocycles. The number of halogens is 1. The van der Waals surface area contributed by atoms with Crippen molar-refractivity contribution in [3.63, 3.8) is 0 Å². The van der Waals surface area contributed by atoms with Gasteiger partial charge in [0.25, 0.3) is 0 Å². The van der Waals surface area contributed by atoms with Crippen molar-refractivity contribution in [2.45, 2.75) is 19.7 Å². The molecule has 1 aromatic heterocycles. The molecule has 0 atom stereocenters. The van der Waals surface area contributed by atoms with Gasteiger partial charge >= 0.3 is 0 Å². The maximum atomic E-state index is 14.7. The molecule has 7 heteroatoms. The van der Waals surface area contributed by atoms with E-state index in [1.54, 1.807) is 13.0 Å². The summed E-state index contributed by atoms with van der Waals surface area (Å²) in [6.45, 7) is -14.5. The molecule has 0 aliphatic carbocycles. The Hall–Kier alpha value is -2.93. The number of ether oxygens (including phenoxy) is 2. The molecule has 0 radical (unpaired) electrons. The third-order valence-corrected chi connectivity index (χ3v) is 4.04. The standard InChI is InChI=1S/C23H27FN4O2/c1-15-4-5-19(18(24)10-15)27-23-17-11-22(21(29-3)12-20(17)25-14-26-23)30-13-16-6-8-28(2)9-7-16/h4-5,10-12,14,16H,6-9,13H2,1-3H3,(H,25,26,27)/i2D3,3D3,6D2,7D2,8D2,9D2,13D2,16D. The third-order valence-electron chi connectivity index (χ3n) is 4.04. The highest BCUT2D eigenvalue weighted by Gasteiger charge is 2.19. The maximum absolute atomic E-state index is 14.7. The molecule has 158 valence electrons. The second kappa shape index (κ2) is 8.83. The van der Waals surface area contributed by atoms with Crippen molar-refractivity contribution in [3.05, 3.63) is 48.0 Å². The predicted molar refractivity (Wildman–Crippen MR) is 116 cm³/mol. The van der Waals surface area contributed by atoms with E-state index in [4.69, 9.17) is 32.8 Å². The number of rotatable bonds is 6. The SMILES string of the molecule is [2H]C([2H])([2H])Oc1cc2ncnc(Nc3ccc(C)cc3F)c2cc1OC([2H])([2H])C1([2H])C([2H])([2H])C([2H])([2H])N(C([2H])([2H])[2H])C([2H])([2H])C1([2H])[2H]. The number of benzene rings is 2. The smallest absolute Gasteiger partial charge is 0.162 e. The van der Waals surface area contributed by atoms with Crippen LogP contribution in [-0.4, -0.2) is 48.4 Å². The number of piperidine rings is 1. The van der Waals surface area contributed by atoms with Crippen LogP contribution >= 0.6 is 0 Å². The summed E-state index contributed by atoms with van der Waals surface area (Å²) in [4.78, 5) is 7.30. The normalized spacial score (nSPS) is 32.8. The van der Waals surface area contributed by atoms with E-state index in [1.165, 1.54) is 12.1 Å². The largest absolute Gasteiger partial charge is 0.493 e. The maximum Gasteiger partial charge on any atom is 0.162 e. The van der Waals surface area contributed by atoms with Crippen molar-refractivity contribution in [3.8, 4) is 11.5 Å². The fourth-order valence-corrected chi connectivity index (χ4v) is 2.61. The first kappa shape index (κ1) is 8.30. The highest BCUT2D eigenvalue weighted by Crippen LogP contribution is 2.35. The van der Waals surface area contributed by atoms with Gasteiger partial charge in [0.05, 0.1) is 31.7 Å². The molecule has 0 bridgehead atoms. The fourth-order valence-electron chi connectivity index (χ4n) is 2.61. The summed E-state index contributed by atoms with van der Waals surface area (Å²) in [5.41, 5.74) is 0.438. The van der Waals surface area contributed by atoms with Crippen LogP contribution in [0.5, 0.6) is 11.5 Å².